The molecule has 0 saturated carbocycles. The van der Waals surface area contributed by atoms with Gasteiger partial charge in [0.05, 0.1) is 25.9 Å². The summed E-state index contributed by atoms with van der Waals surface area (Å²) in [7, 11) is -0.0924. The fourth-order valence-electron chi connectivity index (χ4n) is 4.61. The molecule has 9 heteroatoms. The first kappa shape index (κ1) is 24.9. The summed E-state index contributed by atoms with van der Waals surface area (Å²) in [6, 6.07) is 19.7. The number of hydrogen-bond acceptors (Lipinski definition) is 6. The van der Waals surface area contributed by atoms with Gasteiger partial charge in [-0.3, -0.25) is 0 Å². The van der Waals surface area contributed by atoms with Gasteiger partial charge in [0.25, 0.3) is 8.32 Å². The molecule has 1 aliphatic rings. The Labute approximate surface area is 195 Å². The number of nitrogens with zero attached hydrogens (tertiary/aromatic N) is 3. The molecular formula is C24H31N3O5Si. The second-order valence-corrected chi connectivity index (χ2v) is 13.3. The van der Waals surface area contributed by atoms with Crippen LogP contribution in [0.2, 0.25) is 5.04 Å². The van der Waals surface area contributed by atoms with Crippen LogP contribution in [0.25, 0.3) is 10.4 Å². The smallest absolute Gasteiger partial charge is 0.337 e. The molecule has 1 heterocycles. The zero-order valence-corrected chi connectivity index (χ0v) is 20.7. The molecule has 1 fully saturated rings. The van der Waals surface area contributed by atoms with E-state index in [-0.39, 0.29) is 11.6 Å². The van der Waals surface area contributed by atoms with Gasteiger partial charge < -0.3 is 18.6 Å². The molecule has 0 radical (unpaired) electrons. The van der Waals surface area contributed by atoms with Crippen molar-refractivity contribution in [2.45, 2.75) is 50.2 Å². The lowest BCUT2D eigenvalue weighted by molar-refractivity contribution is -0.158. The van der Waals surface area contributed by atoms with Gasteiger partial charge in [-0.25, -0.2) is 4.79 Å². The van der Waals surface area contributed by atoms with Gasteiger partial charge in [0, 0.05) is 12.0 Å². The molecule has 0 unspecified atom stereocenters. The van der Waals surface area contributed by atoms with Crippen LogP contribution in [0.3, 0.4) is 0 Å². The lowest BCUT2D eigenvalue weighted by Gasteiger charge is -2.43. The lowest BCUT2D eigenvalue weighted by atomic mass is 10.1. The lowest BCUT2D eigenvalue weighted by Crippen LogP contribution is -2.67. The Morgan fingerprint density at radius 2 is 1.61 bits per heavy atom. The molecule has 0 aromatic heterocycles. The molecule has 3 rings (SSSR count). The maximum absolute atomic E-state index is 12.3. The van der Waals surface area contributed by atoms with Crippen molar-refractivity contribution >= 4 is 24.7 Å². The zero-order valence-electron chi connectivity index (χ0n) is 19.7. The number of azide groups is 1. The highest BCUT2D eigenvalue weighted by molar-refractivity contribution is 6.99. The van der Waals surface area contributed by atoms with Crippen molar-refractivity contribution in [2.24, 2.45) is 5.11 Å². The van der Waals surface area contributed by atoms with Crippen LogP contribution in [0.1, 0.15) is 20.8 Å². The summed E-state index contributed by atoms with van der Waals surface area (Å²) in [5, 5.41) is 5.90. The summed E-state index contributed by atoms with van der Waals surface area (Å²) in [5.41, 5.74) is 9.15. The number of benzene rings is 2. The Morgan fingerprint density at radius 1 is 1.06 bits per heavy atom. The largest absolute Gasteiger partial charge is 0.467 e. The van der Waals surface area contributed by atoms with E-state index in [9.17, 15) is 4.79 Å². The summed E-state index contributed by atoms with van der Waals surface area (Å²) in [5.74, 6) is -0.576. The first-order valence-corrected chi connectivity index (χ1v) is 12.8. The van der Waals surface area contributed by atoms with Gasteiger partial charge in [-0.15, -0.1) is 0 Å². The highest BCUT2D eigenvalue weighted by Gasteiger charge is 2.53. The predicted molar refractivity (Wildman–Crippen MR) is 128 cm³/mol. The summed E-state index contributed by atoms with van der Waals surface area (Å²) >= 11 is 0. The number of esters is 1. The van der Waals surface area contributed by atoms with Gasteiger partial charge in [-0.1, -0.05) is 86.5 Å². The molecule has 176 valence electrons. The average Bonchev–Trinajstić information content (AvgIpc) is 3.17. The third-order valence-electron chi connectivity index (χ3n) is 6.11. The van der Waals surface area contributed by atoms with Gasteiger partial charge >= 0.3 is 5.97 Å². The normalized spacial score (nSPS) is 23.1. The predicted octanol–water partition coefficient (Wildman–Crippen LogP) is 3.20. The van der Waals surface area contributed by atoms with E-state index >= 15 is 0 Å². The first-order chi connectivity index (χ1) is 15.8. The van der Waals surface area contributed by atoms with Gasteiger partial charge in [0.15, 0.2) is 6.10 Å². The van der Waals surface area contributed by atoms with Gasteiger partial charge in [0.2, 0.25) is 0 Å². The zero-order chi connectivity index (χ0) is 24.1. The van der Waals surface area contributed by atoms with Gasteiger partial charge in [-0.2, -0.15) is 0 Å². The van der Waals surface area contributed by atoms with E-state index in [1.807, 2.05) is 36.4 Å². The van der Waals surface area contributed by atoms with Crippen LogP contribution in [-0.4, -0.2) is 59.5 Å². The molecule has 4 atom stereocenters. The summed E-state index contributed by atoms with van der Waals surface area (Å²) in [4.78, 5) is 15.3. The minimum Gasteiger partial charge on any atom is -0.467 e. The van der Waals surface area contributed by atoms with Crippen LogP contribution in [0.15, 0.2) is 65.8 Å². The second kappa shape index (κ2) is 10.5. The molecule has 2 aromatic carbocycles. The molecule has 1 saturated heterocycles. The van der Waals surface area contributed by atoms with Crippen molar-refractivity contribution in [1.29, 1.82) is 0 Å². The van der Waals surface area contributed by atoms with Crippen LogP contribution in [0.5, 0.6) is 0 Å². The van der Waals surface area contributed by atoms with Crippen LogP contribution < -0.4 is 10.4 Å². The van der Waals surface area contributed by atoms with E-state index in [1.54, 1.807) is 0 Å². The van der Waals surface area contributed by atoms with Crippen LogP contribution in [-0.2, 0) is 23.4 Å². The van der Waals surface area contributed by atoms with Crippen molar-refractivity contribution in [3.63, 3.8) is 0 Å². The molecule has 8 nitrogen and oxygen atoms in total. The quantitative estimate of drug-likeness (QED) is 0.194. The SMILES string of the molecule is COC(=O)[C@H]1O[C@H](CO[Si](c2ccccc2)(c2ccccc2)C(C)(C)C)[C@@H](N=[N+]=[N-])[C@H]1OC. The molecule has 0 bridgehead atoms. The Bertz CT molecular complexity index is 937. The molecular weight excluding hydrogens is 438 g/mol. The summed E-state index contributed by atoms with van der Waals surface area (Å²) < 4.78 is 23.2. The maximum Gasteiger partial charge on any atom is 0.337 e. The average molecular weight is 470 g/mol. The van der Waals surface area contributed by atoms with E-state index in [2.05, 4.69) is 55.1 Å². The van der Waals surface area contributed by atoms with E-state index in [0.29, 0.717) is 0 Å². The van der Waals surface area contributed by atoms with Crippen molar-refractivity contribution in [3.05, 3.63) is 71.1 Å². The number of rotatable bonds is 8. The standard InChI is InChI=1S/C24H31N3O5Si/c1-24(2,3)33(17-12-8-6-9-13-17,18-14-10-7-11-15-18)31-16-19-20(26-27-25)21(29-4)22(32-19)23(28)30-5/h6-15,19-22H,16H2,1-5H3/t19-,20-,21-,22+/m1/s1. The van der Waals surface area contributed by atoms with Gasteiger partial charge in [0.1, 0.15) is 6.10 Å². The Morgan fingerprint density at radius 3 is 2.03 bits per heavy atom. The molecule has 1 aliphatic heterocycles. The topological polar surface area (TPSA) is 103 Å². The Balaban J connectivity index is 2.04. The first-order valence-electron chi connectivity index (χ1n) is 10.9. The Hall–Kier alpha value is -2.68. The fraction of sp³-hybridized carbons (Fsp3) is 0.458. The molecule has 0 N–H and O–H groups in total. The number of methoxy groups -OCH3 is 2. The summed E-state index contributed by atoms with van der Waals surface area (Å²) in [6.07, 6.45) is -2.43. The number of carbonyl (C=O) groups excluding carboxylic acids is 1. The van der Waals surface area contributed by atoms with E-state index in [4.69, 9.17) is 24.2 Å². The van der Waals surface area contributed by atoms with Crippen LogP contribution in [0, 0.1) is 0 Å². The van der Waals surface area contributed by atoms with Crippen molar-refractivity contribution in [3.8, 4) is 0 Å². The number of carbonyl (C=O) groups is 1. The summed E-state index contributed by atoms with van der Waals surface area (Å²) in [6.45, 7) is 6.66. The fourth-order valence-corrected chi connectivity index (χ4v) is 9.18. The highest BCUT2D eigenvalue weighted by Crippen LogP contribution is 2.38. The highest BCUT2D eigenvalue weighted by atomic mass is 28.4. The minimum absolute atomic E-state index is 0.129. The maximum atomic E-state index is 12.3. The third kappa shape index (κ3) is 4.83. The van der Waals surface area contributed by atoms with Gasteiger partial charge in [-0.05, 0) is 20.9 Å². The van der Waals surface area contributed by atoms with Crippen LogP contribution >= 0.6 is 0 Å². The monoisotopic (exact) mass is 469 g/mol. The molecule has 0 spiro atoms. The molecule has 0 amide bonds. The van der Waals surface area contributed by atoms with Crippen molar-refractivity contribution in [1.82, 2.24) is 0 Å². The van der Waals surface area contributed by atoms with Crippen LogP contribution in [0.4, 0.5) is 0 Å². The van der Waals surface area contributed by atoms with E-state index in [0.717, 1.165) is 10.4 Å². The van der Waals surface area contributed by atoms with E-state index < -0.39 is 38.6 Å². The second-order valence-electron chi connectivity index (χ2n) is 8.99. The third-order valence-corrected chi connectivity index (χ3v) is 11.1. The molecule has 2 aromatic rings. The molecule has 33 heavy (non-hydrogen) atoms. The van der Waals surface area contributed by atoms with Crippen molar-refractivity contribution in [2.75, 3.05) is 20.8 Å². The van der Waals surface area contributed by atoms with E-state index in [1.165, 1.54) is 14.2 Å². The minimum atomic E-state index is -2.83. The number of ether oxygens (including phenoxy) is 3. The number of hydrogen-bond donors (Lipinski definition) is 0. The molecule has 0 aliphatic carbocycles. The Kier molecular flexibility index (Phi) is 7.94. The van der Waals surface area contributed by atoms with Crippen molar-refractivity contribution < 1.29 is 23.4 Å².